The minimum absolute atomic E-state index is 0.291. The van der Waals surface area contributed by atoms with E-state index in [9.17, 15) is 9.59 Å². The molecule has 1 aromatic heterocycles. The zero-order valence-electron chi connectivity index (χ0n) is 6.05. The van der Waals surface area contributed by atoms with Crippen LogP contribution in [0.5, 0.6) is 0 Å². The predicted octanol–water partition coefficient (Wildman–Crippen LogP) is 0.409. The summed E-state index contributed by atoms with van der Waals surface area (Å²) < 4.78 is 5.87. The van der Waals surface area contributed by atoms with Gasteiger partial charge in [-0.25, -0.2) is 9.36 Å². The molecule has 0 saturated carbocycles. The highest BCUT2D eigenvalue weighted by atomic mass is 79.9. The molecule has 0 radical (unpaired) electrons. The lowest BCUT2D eigenvalue weighted by molar-refractivity contribution is 0.414. The van der Waals surface area contributed by atoms with Gasteiger partial charge in [-0.05, 0) is 22.9 Å². The summed E-state index contributed by atoms with van der Waals surface area (Å²) in [5.74, 6) is -0.339. The Bertz CT molecular complexity index is 390. The van der Waals surface area contributed by atoms with Gasteiger partial charge < -0.3 is 4.42 Å². The Morgan fingerprint density at radius 2 is 2.00 bits per heavy atom. The highest BCUT2D eigenvalue weighted by molar-refractivity contribution is 9.10. The molecule has 60 valence electrons. The van der Waals surface area contributed by atoms with Crippen molar-refractivity contribution < 1.29 is 4.42 Å². The fraction of sp³-hybridized carbons (Fsp3) is 0.333. The maximum atomic E-state index is 11.1. The van der Waals surface area contributed by atoms with Crippen LogP contribution in [0.1, 0.15) is 5.76 Å². The third kappa shape index (κ3) is 1.28. The molecular formula is C6H6BrNO3. The molecule has 0 N–H and O–H groups in total. The zero-order valence-corrected chi connectivity index (χ0v) is 7.64. The Morgan fingerprint density at radius 1 is 1.45 bits per heavy atom. The fourth-order valence-corrected chi connectivity index (χ4v) is 0.972. The third-order valence-electron chi connectivity index (χ3n) is 1.32. The lowest BCUT2D eigenvalue weighted by Crippen LogP contribution is -2.30. The SMILES string of the molecule is Cc1oc(=O)n(C)c(=O)c1Br. The first-order chi connectivity index (χ1) is 5.04. The molecule has 0 fully saturated rings. The number of hydrogen-bond donors (Lipinski definition) is 0. The summed E-state index contributed by atoms with van der Waals surface area (Å²) in [6, 6.07) is 0. The van der Waals surface area contributed by atoms with Crippen molar-refractivity contribution in [2.75, 3.05) is 0 Å². The molecule has 0 saturated heterocycles. The van der Waals surface area contributed by atoms with E-state index in [1.807, 2.05) is 0 Å². The van der Waals surface area contributed by atoms with Crippen molar-refractivity contribution >= 4 is 15.9 Å². The minimum Gasteiger partial charge on any atom is -0.413 e. The number of halogens is 1. The first-order valence-corrected chi connectivity index (χ1v) is 3.69. The van der Waals surface area contributed by atoms with Crippen molar-refractivity contribution in [3.05, 3.63) is 31.1 Å². The fourth-order valence-electron chi connectivity index (χ4n) is 0.625. The van der Waals surface area contributed by atoms with Gasteiger partial charge in [0.1, 0.15) is 10.2 Å². The number of rotatable bonds is 0. The van der Waals surface area contributed by atoms with E-state index < -0.39 is 5.76 Å². The second kappa shape index (κ2) is 2.65. The second-order valence-electron chi connectivity index (χ2n) is 2.10. The molecule has 0 aliphatic carbocycles. The van der Waals surface area contributed by atoms with Crippen LogP contribution in [0, 0.1) is 6.92 Å². The number of hydrogen-bond acceptors (Lipinski definition) is 3. The van der Waals surface area contributed by atoms with Crippen LogP contribution in [0.15, 0.2) is 18.5 Å². The lowest BCUT2D eigenvalue weighted by Gasteiger charge is -1.97. The number of aromatic nitrogens is 1. The summed E-state index contributed by atoms with van der Waals surface area (Å²) in [6.07, 6.45) is 0. The van der Waals surface area contributed by atoms with E-state index in [0.29, 0.717) is 10.2 Å². The van der Waals surface area contributed by atoms with Crippen LogP contribution in [-0.4, -0.2) is 4.57 Å². The molecule has 0 aliphatic rings. The van der Waals surface area contributed by atoms with Crippen molar-refractivity contribution in [1.29, 1.82) is 0 Å². The number of nitrogens with zero attached hydrogens (tertiary/aromatic N) is 1. The molecule has 1 rings (SSSR count). The summed E-state index contributed by atoms with van der Waals surface area (Å²) in [5, 5.41) is 0. The molecule has 0 spiro atoms. The van der Waals surface area contributed by atoms with Gasteiger partial charge in [-0.3, -0.25) is 4.79 Å². The topological polar surface area (TPSA) is 52.2 Å². The molecule has 0 amide bonds. The van der Waals surface area contributed by atoms with E-state index in [1.165, 1.54) is 7.05 Å². The second-order valence-corrected chi connectivity index (χ2v) is 2.90. The van der Waals surface area contributed by atoms with Crippen molar-refractivity contribution in [3.63, 3.8) is 0 Å². The van der Waals surface area contributed by atoms with E-state index in [4.69, 9.17) is 0 Å². The van der Waals surface area contributed by atoms with Gasteiger partial charge >= 0.3 is 5.76 Å². The van der Waals surface area contributed by atoms with Crippen LogP contribution < -0.4 is 11.3 Å². The van der Waals surface area contributed by atoms with Crippen molar-refractivity contribution in [2.45, 2.75) is 6.92 Å². The highest BCUT2D eigenvalue weighted by Crippen LogP contribution is 2.05. The minimum atomic E-state index is -0.643. The van der Waals surface area contributed by atoms with E-state index in [0.717, 1.165) is 4.57 Å². The molecule has 1 aromatic rings. The average Bonchev–Trinajstić information content (AvgIpc) is 1.97. The Balaban J connectivity index is 3.74. The lowest BCUT2D eigenvalue weighted by atomic mass is 10.5. The van der Waals surface area contributed by atoms with Crippen LogP contribution in [-0.2, 0) is 7.05 Å². The van der Waals surface area contributed by atoms with E-state index in [-0.39, 0.29) is 5.56 Å². The van der Waals surface area contributed by atoms with Gasteiger partial charge in [0.2, 0.25) is 0 Å². The average molecular weight is 220 g/mol. The molecule has 0 atom stereocenters. The van der Waals surface area contributed by atoms with Gasteiger partial charge in [-0.1, -0.05) is 0 Å². The van der Waals surface area contributed by atoms with Crippen LogP contribution >= 0.6 is 15.9 Å². The van der Waals surface area contributed by atoms with Gasteiger partial charge in [0.05, 0.1) is 0 Å². The summed E-state index contributed by atoms with van der Waals surface area (Å²) in [7, 11) is 1.36. The van der Waals surface area contributed by atoms with E-state index in [2.05, 4.69) is 20.3 Å². The Hall–Kier alpha value is -0.840. The first kappa shape index (κ1) is 8.26. The Kier molecular flexibility index (Phi) is 1.99. The zero-order chi connectivity index (χ0) is 8.59. The van der Waals surface area contributed by atoms with E-state index in [1.54, 1.807) is 6.92 Å². The van der Waals surface area contributed by atoms with Gasteiger partial charge in [-0.2, -0.15) is 0 Å². The Morgan fingerprint density at radius 3 is 2.55 bits per heavy atom. The molecule has 0 unspecified atom stereocenters. The smallest absolute Gasteiger partial charge is 0.413 e. The maximum absolute atomic E-state index is 11.1. The van der Waals surface area contributed by atoms with Crippen molar-refractivity contribution in [1.82, 2.24) is 4.57 Å². The van der Waals surface area contributed by atoms with Crippen molar-refractivity contribution in [3.8, 4) is 0 Å². The largest absolute Gasteiger partial charge is 0.421 e. The molecule has 11 heavy (non-hydrogen) atoms. The maximum Gasteiger partial charge on any atom is 0.421 e. The summed E-state index contributed by atoms with van der Waals surface area (Å²) in [5.41, 5.74) is -0.376. The third-order valence-corrected chi connectivity index (χ3v) is 2.21. The van der Waals surface area contributed by atoms with Crippen molar-refractivity contribution in [2.24, 2.45) is 7.05 Å². The molecule has 5 heteroatoms. The van der Waals surface area contributed by atoms with E-state index >= 15 is 0 Å². The van der Waals surface area contributed by atoms with Crippen LogP contribution in [0.25, 0.3) is 0 Å². The Labute approximate surface area is 70.6 Å². The highest BCUT2D eigenvalue weighted by Gasteiger charge is 2.06. The quantitative estimate of drug-likeness (QED) is 0.636. The molecule has 0 aromatic carbocycles. The number of aryl methyl sites for hydroxylation is 1. The predicted molar refractivity (Wildman–Crippen MR) is 42.7 cm³/mol. The van der Waals surface area contributed by atoms with Gasteiger partial charge in [0.25, 0.3) is 5.56 Å². The summed E-state index contributed by atoms with van der Waals surface area (Å²) in [4.78, 5) is 21.9. The molecule has 1 heterocycles. The molecule has 4 nitrogen and oxygen atoms in total. The first-order valence-electron chi connectivity index (χ1n) is 2.90. The summed E-state index contributed by atoms with van der Waals surface area (Å²) >= 11 is 3.00. The molecule has 0 bridgehead atoms. The summed E-state index contributed by atoms with van der Waals surface area (Å²) in [6.45, 7) is 1.55. The van der Waals surface area contributed by atoms with Gasteiger partial charge in [-0.15, -0.1) is 0 Å². The van der Waals surface area contributed by atoms with Crippen LogP contribution in [0.4, 0.5) is 0 Å². The molecular weight excluding hydrogens is 214 g/mol. The van der Waals surface area contributed by atoms with Crippen LogP contribution in [0.3, 0.4) is 0 Å². The van der Waals surface area contributed by atoms with Crippen LogP contribution in [0.2, 0.25) is 0 Å². The standard InChI is InChI=1S/C6H6BrNO3/c1-3-4(7)5(9)8(2)6(10)11-3/h1-2H3. The normalized spacial score (nSPS) is 10.1. The van der Waals surface area contributed by atoms with Gasteiger partial charge in [0.15, 0.2) is 0 Å². The molecule has 0 aliphatic heterocycles. The van der Waals surface area contributed by atoms with Gasteiger partial charge in [0, 0.05) is 7.05 Å². The monoisotopic (exact) mass is 219 g/mol.